The summed E-state index contributed by atoms with van der Waals surface area (Å²) in [5.74, 6) is -4.23. The Labute approximate surface area is 202 Å². The van der Waals surface area contributed by atoms with Crippen LogP contribution in [0.3, 0.4) is 0 Å². The second-order valence-corrected chi connectivity index (χ2v) is 11.6. The minimum Gasteiger partial charge on any atom is -0.458 e. The molecule has 0 radical (unpaired) electrons. The summed E-state index contributed by atoms with van der Waals surface area (Å²) in [7, 11) is 0. The topological polar surface area (TPSA) is 99.1 Å². The number of hydrogen-bond acceptors (Lipinski definition) is 7. The SMILES string of the molecule is CC(=O)OCC(=O)[C@@]12OC(C)(C)O[C@@H]1C[C@H]1[C@@H]3C[C@@H](F)C4=CC(=O)C=C[C@]4(C)[C@@]3(F)[C@@H](O)C[C@@]12C. The second-order valence-electron chi connectivity index (χ2n) is 11.6. The monoisotopic (exact) mass is 494 g/mol. The van der Waals surface area contributed by atoms with Gasteiger partial charge in [-0.2, -0.15) is 0 Å². The molecule has 3 saturated carbocycles. The number of hydrogen-bond donors (Lipinski definition) is 1. The van der Waals surface area contributed by atoms with Gasteiger partial charge in [-0.3, -0.25) is 14.4 Å². The van der Waals surface area contributed by atoms with Crippen molar-refractivity contribution in [2.24, 2.45) is 22.7 Å². The van der Waals surface area contributed by atoms with Crippen molar-refractivity contribution in [1.82, 2.24) is 0 Å². The van der Waals surface area contributed by atoms with Gasteiger partial charge in [-0.05, 0) is 63.7 Å². The molecule has 9 atom stereocenters. The molecule has 1 saturated heterocycles. The Bertz CT molecular complexity index is 1070. The summed E-state index contributed by atoms with van der Waals surface area (Å²) in [6.45, 7) is 7.28. The van der Waals surface area contributed by atoms with Crippen LogP contribution in [0.25, 0.3) is 0 Å². The van der Waals surface area contributed by atoms with Gasteiger partial charge in [0.15, 0.2) is 29.4 Å². The highest BCUT2D eigenvalue weighted by molar-refractivity contribution is 6.01. The van der Waals surface area contributed by atoms with Crippen LogP contribution in [0.4, 0.5) is 8.78 Å². The van der Waals surface area contributed by atoms with E-state index < -0.39 is 82.2 Å². The zero-order chi connectivity index (χ0) is 25.8. The number of carbonyl (C=O) groups is 3. The number of allylic oxidation sites excluding steroid dienone is 4. The zero-order valence-corrected chi connectivity index (χ0v) is 20.6. The van der Waals surface area contributed by atoms with Gasteiger partial charge in [-0.25, -0.2) is 8.78 Å². The molecule has 4 aliphatic carbocycles. The number of fused-ring (bicyclic) bond motifs is 7. The standard InChI is InChI=1S/C26H32F2O7/c1-13(29)33-12-20(32)26-21(34-22(2,3)35-26)10-15-16-9-18(27)17-8-14(30)6-7-23(17,4)25(16,28)19(31)11-24(15,26)5/h6-8,15-16,18-19,21,31H,9-12H2,1-5H3/t15-,16-,18+,19-,21+,23-,24-,25-,26+/m0/s1. The lowest BCUT2D eigenvalue weighted by Gasteiger charge is -2.63. The van der Waals surface area contributed by atoms with Crippen molar-refractivity contribution in [1.29, 1.82) is 0 Å². The fourth-order valence-electron chi connectivity index (χ4n) is 8.08. The maximum absolute atomic E-state index is 17.3. The molecule has 4 fully saturated rings. The maximum atomic E-state index is 17.3. The van der Waals surface area contributed by atoms with Crippen LogP contribution in [0.2, 0.25) is 0 Å². The molecule has 35 heavy (non-hydrogen) atoms. The fourth-order valence-corrected chi connectivity index (χ4v) is 8.08. The van der Waals surface area contributed by atoms with E-state index in [2.05, 4.69) is 0 Å². The molecule has 7 nitrogen and oxygen atoms in total. The third kappa shape index (κ3) is 2.95. The van der Waals surface area contributed by atoms with Crippen molar-refractivity contribution in [2.75, 3.05) is 6.61 Å². The Morgan fingerprint density at radius 3 is 2.54 bits per heavy atom. The van der Waals surface area contributed by atoms with Crippen molar-refractivity contribution in [3.05, 3.63) is 23.8 Å². The number of rotatable bonds is 3. The van der Waals surface area contributed by atoms with E-state index in [4.69, 9.17) is 14.2 Å². The predicted octanol–water partition coefficient (Wildman–Crippen LogP) is 2.94. The Morgan fingerprint density at radius 1 is 1.20 bits per heavy atom. The summed E-state index contributed by atoms with van der Waals surface area (Å²) in [4.78, 5) is 37.1. The van der Waals surface area contributed by atoms with Crippen molar-refractivity contribution in [2.45, 2.75) is 89.3 Å². The first-order valence-electron chi connectivity index (χ1n) is 12.1. The average Bonchev–Trinajstić information content (AvgIpc) is 3.16. The van der Waals surface area contributed by atoms with Crippen molar-refractivity contribution >= 4 is 17.5 Å². The normalized spacial score (nSPS) is 49.4. The summed E-state index contributed by atoms with van der Waals surface area (Å²) < 4.78 is 50.3. The molecule has 5 rings (SSSR count). The van der Waals surface area contributed by atoms with Gasteiger partial charge in [-0.1, -0.05) is 13.0 Å². The summed E-state index contributed by atoms with van der Waals surface area (Å²) in [6, 6.07) is 0. The van der Waals surface area contributed by atoms with E-state index >= 15 is 8.78 Å². The summed E-state index contributed by atoms with van der Waals surface area (Å²) in [5.41, 5.74) is -6.46. The van der Waals surface area contributed by atoms with Gasteiger partial charge in [0.2, 0.25) is 5.78 Å². The minimum absolute atomic E-state index is 0.0406. The van der Waals surface area contributed by atoms with E-state index in [1.54, 1.807) is 20.8 Å². The number of ketones is 2. The lowest BCUT2D eigenvalue weighted by molar-refractivity contribution is -0.249. The van der Waals surface area contributed by atoms with Crippen LogP contribution in [-0.4, -0.2) is 64.7 Å². The van der Waals surface area contributed by atoms with Crippen molar-refractivity contribution in [3.8, 4) is 0 Å². The van der Waals surface area contributed by atoms with E-state index in [-0.39, 0.29) is 24.8 Å². The molecule has 1 aliphatic heterocycles. The number of ether oxygens (including phenoxy) is 3. The average molecular weight is 495 g/mol. The molecule has 0 unspecified atom stereocenters. The number of aliphatic hydroxyl groups excluding tert-OH is 1. The molecule has 0 aromatic heterocycles. The highest BCUT2D eigenvalue weighted by atomic mass is 19.1. The molecule has 0 amide bonds. The van der Waals surface area contributed by atoms with Crippen LogP contribution in [-0.2, 0) is 28.6 Å². The Morgan fingerprint density at radius 2 is 1.89 bits per heavy atom. The second kappa shape index (κ2) is 7.29. The quantitative estimate of drug-likeness (QED) is 0.603. The first kappa shape index (κ1) is 24.7. The summed E-state index contributed by atoms with van der Waals surface area (Å²) >= 11 is 0. The van der Waals surface area contributed by atoms with E-state index in [9.17, 15) is 19.5 Å². The Kier molecular flexibility index (Phi) is 5.15. The maximum Gasteiger partial charge on any atom is 0.303 e. The summed E-state index contributed by atoms with van der Waals surface area (Å²) in [5, 5.41) is 11.5. The van der Waals surface area contributed by atoms with Gasteiger partial charge < -0.3 is 19.3 Å². The van der Waals surface area contributed by atoms with Gasteiger partial charge >= 0.3 is 5.97 Å². The van der Waals surface area contributed by atoms with E-state index in [1.165, 1.54) is 26.0 Å². The number of halogens is 2. The molecule has 1 N–H and O–H groups in total. The van der Waals surface area contributed by atoms with Gasteiger partial charge in [0.05, 0.1) is 12.2 Å². The fraction of sp³-hybridized carbons (Fsp3) is 0.731. The molecular weight excluding hydrogens is 462 g/mol. The van der Waals surface area contributed by atoms with Gasteiger partial charge in [0, 0.05) is 23.7 Å². The number of Topliss-reactive ketones (excluding diaryl/α,β-unsaturated/α-hetero) is 1. The number of alkyl halides is 2. The van der Waals surface area contributed by atoms with Crippen LogP contribution < -0.4 is 0 Å². The van der Waals surface area contributed by atoms with Crippen LogP contribution in [0.15, 0.2) is 23.8 Å². The molecule has 1 heterocycles. The molecule has 192 valence electrons. The van der Waals surface area contributed by atoms with Gasteiger partial charge in [-0.15, -0.1) is 0 Å². The van der Waals surface area contributed by atoms with E-state index in [0.29, 0.717) is 0 Å². The van der Waals surface area contributed by atoms with Crippen LogP contribution >= 0.6 is 0 Å². The molecular formula is C26H32F2O7. The Balaban J connectivity index is 1.62. The van der Waals surface area contributed by atoms with Gasteiger partial charge in [0.1, 0.15) is 6.17 Å². The first-order chi connectivity index (χ1) is 16.1. The lowest BCUT2D eigenvalue weighted by atomic mass is 9.44. The number of aliphatic hydroxyl groups is 1. The molecule has 0 bridgehead atoms. The highest BCUT2D eigenvalue weighted by Gasteiger charge is 2.80. The van der Waals surface area contributed by atoms with E-state index in [1.807, 2.05) is 0 Å². The van der Waals surface area contributed by atoms with Gasteiger partial charge in [0.25, 0.3) is 0 Å². The van der Waals surface area contributed by atoms with Crippen LogP contribution in [0.1, 0.15) is 53.9 Å². The van der Waals surface area contributed by atoms with Crippen LogP contribution in [0.5, 0.6) is 0 Å². The minimum atomic E-state index is -2.27. The molecule has 0 aromatic carbocycles. The summed E-state index contributed by atoms with van der Waals surface area (Å²) in [6.07, 6.45) is -0.345. The Hall–Kier alpha value is -1.97. The number of carbonyl (C=O) groups excluding carboxylic acids is 3. The molecule has 5 aliphatic rings. The smallest absolute Gasteiger partial charge is 0.303 e. The zero-order valence-electron chi connectivity index (χ0n) is 20.6. The third-order valence-corrected chi connectivity index (χ3v) is 9.44. The molecule has 9 heteroatoms. The third-order valence-electron chi connectivity index (χ3n) is 9.44. The first-order valence-corrected chi connectivity index (χ1v) is 12.1. The largest absolute Gasteiger partial charge is 0.458 e. The highest BCUT2D eigenvalue weighted by Crippen LogP contribution is 2.72. The van der Waals surface area contributed by atoms with Crippen molar-refractivity contribution in [3.63, 3.8) is 0 Å². The number of esters is 1. The molecule has 0 spiro atoms. The predicted molar refractivity (Wildman–Crippen MR) is 118 cm³/mol. The van der Waals surface area contributed by atoms with E-state index in [0.717, 1.165) is 6.08 Å². The van der Waals surface area contributed by atoms with Crippen molar-refractivity contribution < 1.29 is 42.5 Å². The van der Waals surface area contributed by atoms with Crippen LogP contribution in [0, 0.1) is 22.7 Å². The lowest BCUT2D eigenvalue weighted by Crippen LogP contribution is -2.71. The molecule has 0 aromatic rings.